The van der Waals surface area contributed by atoms with Gasteiger partial charge in [-0.3, -0.25) is 0 Å². The van der Waals surface area contributed by atoms with Crippen LogP contribution in [0.5, 0.6) is 0 Å². The standard InChI is InChI=1S/C28H23BN2/c1-22-8-12-25(13-9-22)16-18-29(19-17-26-14-10-23(2)11-15-26)30-20-4-6-27(30)24(3)28-7-5-21-31(28)29/h4-15,20-21H,1-3H3. The molecule has 3 heteroatoms. The molecule has 0 amide bonds. The van der Waals surface area contributed by atoms with Gasteiger partial charge in [0.2, 0.25) is 0 Å². The van der Waals surface area contributed by atoms with Crippen molar-refractivity contribution in [3.05, 3.63) is 113 Å². The number of rotatable bonds is 0. The van der Waals surface area contributed by atoms with E-state index in [-0.39, 0.29) is 0 Å². The zero-order chi connectivity index (χ0) is 21.4. The van der Waals surface area contributed by atoms with Crippen molar-refractivity contribution in [1.82, 2.24) is 4.48 Å². The molecule has 2 aromatic carbocycles. The van der Waals surface area contributed by atoms with E-state index < -0.39 is 6.42 Å². The number of hydrogen-bond donors (Lipinski definition) is 0. The molecule has 148 valence electrons. The molecule has 0 aliphatic carbocycles. The van der Waals surface area contributed by atoms with Crippen LogP contribution in [-0.2, 0) is 0 Å². The van der Waals surface area contributed by atoms with Gasteiger partial charge in [0, 0.05) is 34.5 Å². The number of aromatic nitrogens is 1. The van der Waals surface area contributed by atoms with Gasteiger partial charge in [-0.15, -0.1) is 11.8 Å². The molecule has 0 spiro atoms. The van der Waals surface area contributed by atoms with Crippen LogP contribution in [0.1, 0.15) is 34.9 Å². The molecule has 0 atom stereocenters. The van der Waals surface area contributed by atoms with E-state index in [1.807, 2.05) is 0 Å². The van der Waals surface area contributed by atoms with Crippen LogP contribution in [0.4, 0.5) is 0 Å². The Labute approximate surface area is 184 Å². The van der Waals surface area contributed by atoms with E-state index in [1.54, 1.807) is 0 Å². The highest BCUT2D eigenvalue weighted by Crippen LogP contribution is 2.32. The van der Waals surface area contributed by atoms with Gasteiger partial charge in [-0.25, -0.2) is 0 Å². The van der Waals surface area contributed by atoms with E-state index in [2.05, 4.69) is 138 Å². The van der Waals surface area contributed by atoms with Crippen LogP contribution in [0.2, 0.25) is 0 Å². The first-order valence-electron chi connectivity index (χ1n) is 10.6. The molecule has 3 heterocycles. The van der Waals surface area contributed by atoms with Crippen molar-refractivity contribution in [2.24, 2.45) is 0 Å². The monoisotopic (exact) mass is 398 g/mol. The fraction of sp³-hybridized carbons (Fsp3) is 0.107. The molecule has 1 aromatic heterocycles. The minimum Gasteiger partial charge on any atom is -0.438 e. The van der Waals surface area contributed by atoms with Gasteiger partial charge in [-0.05, 0) is 63.4 Å². The Morgan fingerprint density at radius 3 is 1.94 bits per heavy atom. The number of allylic oxidation sites excluding steroid dienone is 3. The largest absolute Gasteiger partial charge is 0.520 e. The van der Waals surface area contributed by atoms with Gasteiger partial charge in [-0.2, -0.15) is 11.6 Å². The lowest BCUT2D eigenvalue weighted by Crippen LogP contribution is -2.55. The summed E-state index contributed by atoms with van der Waals surface area (Å²) in [5, 5.41) is 0. The Morgan fingerprint density at radius 1 is 0.774 bits per heavy atom. The average Bonchev–Trinajstić information content (AvgIpc) is 3.47. The molecule has 5 rings (SSSR count). The van der Waals surface area contributed by atoms with E-state index >= 15 is 0 Å². The first-order chi connectivity index (χ1) is 15.1. The highest BCUT2D eigenvalue weighted by molar-refractivity contribution is 6.87. The minimum absolute atomic E-state index is 0.998. The van der Waals surface area contributed by atoms with Gasteiger partial charge in [0.25, 0.3) is 0 Å². The third-order valence-corrected chi connectivity index (χ3v) is 6.07. The summed E-state index contributed by atoms with van der Waals surface area (Å²) in [6, 6.07) is 20.9. The van der Waals surface area contributed by atoms with Crippen LogP contribution in [0, 0.1) is 37.3 Å². The Bertz CT molecular complexity index is 1330. The maximum absolute atomic E-state index is 3.61. The van der Waals surface area contributed by atoms with Gasteiger partial charge in [-0.1, -0.05) is 35.4 Å². The SMILES string of the molecule is CC1=C2C=CC=[N+]2[B-](C#Cc2ccc(C)cc2)(C#Cc2ccc(C)cc2)n2cccc21. The second-order valence-corrected chi connectivity index (χ2v) is 8.27. The van der Waals surface area contributed by atoms with Gasteiger partial charge in [0.1, 0.15) is 6.21 Å². The number of nitrogens with zero attached hydrogens (tertiary/aromatic N) is 2. The zero-order valence-corrected chi connectivity index (χ0v) is 18.1. The summed E-state index contributed by atoms with van der Waals surface area (Å²) in [6.45, 7) is 6.35. The molecule has 0 fully saturated rings. The van der Waals surface area contributed by atoms with Gasteiger partial charge >= 0.3 is 6.42 Å². The number of aryl methyl sites for hydroxylation is 2. The van der Waals surface area contributed by atoms with Gasteiger partial charge in [0.15, 0.2) is 5.70 Å². The fourth-order valence-corrected chi connectivity index (χ4v) is 4.30. The van der Waals surface area contributed by atoms with Crippen LogP contribution in [0.3, 0.4) is 0 Å². The summed E-state index contributed by atoms with van der Waals surface area (Å²) < 4.78 is 4.51. The Morgan fingerprint density at radius 2 is 1.35 bits per heavy atom. The summed E-state index contributed by atoms with van der Waals surface area (Å²) in [6.07, 6.45) is 6.76. The van der Waals surface area contributed by atoms with Crippen LogP contribution in [-0.4, -0.2) is 21.6 Å². The maximum atomic E-state index is 3.61. The molecule has 3 aromatic rings. The zero-order valence-electron chi connectivity index (χ0n) is 18.1. The molecule has 0 saturated heterocycles. The number of benzene rings is 2. The summed E-state index contributed by atoms with van der Waals surface area (Å²) in [5.74, 6) is 14.1. The second-order valence-electron chi connectivity index (χ2n) is 8.27. The molecule has 0 radical (unpaired) electrons. The Kier molecular flexibility index (Phi) is 4.54. The lowest BCUT2D eigenvalue weighted by Gasteiger charge is -2.35. The molecular formula is C28H23BN2. The molecular weight excluding hydrogens is 375 g/mol. The van der Waals surface area contributed by atoms with Gasteiger partial charge in [0.05, 0.1) is 0 Å². The molecule has 0 saturated carbocycles. The third-order valence-electron chi connectivity index (χ3n) is 6.07. The minimum atomic E-state index is -1.70. The van der Waals surface area contributed by atoms with Crippen molar-refractivity contribution in [3.63, 3.8) is 0 Å². The highest BCUT2D eigenvalue weighted by Gasteiger charge is 2.45. The van der Waals surface area contributed by atoms with Crippen LogP contribution in [0.15, 0.2) is 84.7 Å². The van der Waals surface area contributed by atoms with Crippen molar-refractivity contribution in [2.75, 3.05) is 0 Å². The van der Waals surface area contributed by atoms with Crippen molar-refractivity contribution >= 4 is 18.2 Å². The topological polar surface area (TPSA) is 7.94 Å². The quantitative estimate of drug-likeness (QED) is 0.373. The highest BCUT2D eigenvalue weighted by atomic mass is 15.1. The van der Waals surface area contributed by atoms with Crippen LogP contribution in [0.25, 0.3) is 5.57 Å². The molecule has 0 unspecified atom stereocenters. The lowest BCUT2D eigenvalue weighted by atomic mass is 9.45. The van der Waals surface area contributed by atoms with Crippen molar-refractivity contribution < 1.29 is 4.49 Å². The second kappa shape index (κ2) is 7.39. The molecule has 2 aliphatic heterocycles. The fourth-order valence-electron chi connectivity index (χ4n) is 4.30. The van der Waals surface area contributed by atoms with E-state index in [4.69, 9.17) is 0 Å². The summed E-state index contributed by atoms with van der Waals surface area (Å²) in [5.41, 5.74) is 8.03. The predicted octanol–water partition coefficient (Wildman–Crippen LogP) is 4.97. The number of hydrogen-bond acceptors (Lipinski definition) is 0. The van der Waals surface area contributed by atoms with Crippen LogP contribution >= 0.6 is 0 Å². The van der Waals surface area contributed by atoms with Crippen molar-refractivity contribution in [2.45, 2.75) is 20.8 Å². The molecule has 0 N–H and O–H groups in total. The van der Waals surface area contributed by atoms with Gasteiger partial charge < -0.3 is 8.96 Å². The molecule has 31 heavy (non-hydrogen) atoms. The predicted molar refractivity (Wildman–Crippen MR) is 130 cm³/mol. The lowest BCUT2D eigenvalue weighted by molar-refractivity contribution is -0.322. The first-order valence-corrected chi connectivity index (χ1v) is 10.6. The van der Waals surface area contributed by atoms with E-state index in [1.165, 1.54) is 28.1 Å². The van der Waals surface area contributed by atoms with Crippen molar-refractivity contribution in [3.8, 4) is 23.5 Å². The normalized spacial score (nSPS) is 15.3. The Hall–Kier alpha value is -3.95. The third kappa shape index (κ3) is 3.26. The smallest absolute Gasteiger partial charge is 0.438 e. The summed E-state index contributed by atoms with van der Waals surface area (Å²) in [4.78, 5) is 0. The number of fused-ring (bicyclic) bond motifs is 2. The average molecular weight is 398 g/mol. The van der Waals surface area contributed by atoms with Crippen molar-refractivity contribution in [1.29, 1.82) is 0 Å². The molecule has 0 bridgehead atoms. The van der Waals surface area contributed by atoms with E-state index in [0.29, 0.717) is 0 Å². The van der Waals surface area contributed by atoms with E-state index in [9.17, 15) is 0 Å². The Balaban J connectivity index is 1.73. The molecule has 2 aliphatic rings. The molecule has 2 nitrogen and oxygen atoms in total. The first kappa shape index (κ1) is 19.0. The summed E-state index contributed by atoms with van der Waals surface area (Å²) >= 11 is 0. The van der Waals surface area contributed by atoms with E-state index in [0.717, 1.165) is 11.1 Å². The van der Waals surface area contributed by atoms with Crippen LogP contribution < -0.4 is 0 Å². The maximum Gasteiger partial charge on any atom is 0.520 e. The summed E-state index contributed by atoms with van der Waals surface area (Å²) in [7, 11) is 0.